The molecule has 4 nitrogen and oxygen atoms in total. The maximum atomic E-state index is 13.0. The number of hydrogen-bond acceptors (Lipinski definition) is 4. The first-order valence-electron chi connectivity index (χ1n) is 10.1. The highest BCUT2D eigenvalue weighted by Crippen LogP contribution is 2.60. The van der Waals surface area contributed by atoms with E-state index < -0.39 is 0 Å². The molecule has 0 radical (unpaired) electrons. The molecule has 0 heterocycles. The van der Waals surface area contributed by atoms with Gasteiger partial charge in [0.15, 0.2) is 0 Å². The van der Waals surface area contributed by atoms with Gasteiger partial charge in [-0.3, -0.25) is 0 Å². The van der Waals surface area contributed by atoms with Gasteiger partial charge in [-0.2, -0.15) is 0 Å². The quantitative estimate of drug-likeness (QED) is 0.594. The van der Waals surface area contributed by atoms with E-state index in [0.29, 0.717) is 0 Å². The number of methoxy groups -OCH3 is 1. The lowest BCUT2D eigenvalue weighted by molar-refractivity contribution is -0.171. The number of carbonyl (C=O) groups is 1. The Hall–Kier alpha value is -1.84. The zero-order chi connectivity index (χ0) is 17.7. The molecule has 4 bridgehead atoms. The molecule has 0 unspecified atom stereocenters. The van der Waals surface area contributed by atoms with Crippen molar-refractivity contribution in [2.75, 3.05) is 7.11 Å². The smallest absolute Gasteiger partial charge is 0.341 e. The van der Waals surface area contributed by atoms with Crippen LogP contribution in [0.5, 0.6) is 5.75 Å². The summed E-state index contributed by atoms with van der Waals surface area (Å²) in [6.07, 6.45) is 9.99. The normalized spacial score (nSPS) is 36.0. The van der Waals surface area contributed by atoms with Crippen LogP contribution in [0, 0.1) is 23.2 Å². The van der Waals surface area contributed by atoms with Crippen LogP contribution in [0.15, 0.2) is 23.4 Å². The molecule has 1 aromatic rings. The Balaban J connectivity index is 1.37. The van der Waals surface area contributed by atoms with E-state index in [2.05, 4.69) is 11.2 Å². The molecule has 26 heavy (non-hydrogen) atoms. The molecule has 6 rings (SSSR count). The lowest BCUT2D eigenvalue weighted by Crippen LogP contribution is -2.50. The number of oxime groups is 1. The summed E-state index contributed by atoms with van der Waals surface area (Å²) in [5.74, 6) is 2.97. The number of fused-ring (bicyclic) bond motifs is 1. The monoisotopic (exact) mass is 353 g/mol. The molecule has 0 saturated heterocycles. The van der Waals surface area contributed by atoms with Gasteiger partial charge in [-0.15, -0.1) is 0 Å². The lowest BCUT2D eigenvalue weighted by Gasteiger charge is -2.54. The molecule has 0 N–H and O–H groups in total. The summed E-state index contributed by atoms with van der Waals surface area (Å²) in [6.45, 7) is 0. The molecule has 4 heteroatoms. The molecular formula is C22H27NO3. The molecule has 5 aliphatic carbocycles. The Morgan fingerprint density at radius 2 is 1.77 bits per heavy atom. The van der Waals surface area contributed by atoms with Crippen molar-refractivity contribution in [3.63, 3.8) is 0 Å². The third-order valence-corrected chi connectivity index (χ3v) is 7.20. The fourth-order valence-corrected chi connectivity index (χ4v) is 6.40. The van der Waals surface area contributed by atoms with Crippen molar-refractivity contribution in [3.8, 4) is 5.75 Å². The molecule has 0 atom stereocenters. The Morgan fingerprint density at radius 3 is 2.42 bits per heavy atom. The first-order chi connectivity index (χ1) is 12.6. The molecule has 4 fully saturated rings. The Kier molecular flexibility index (Phi) is 3.84. The molecule has 5 aliphatic rings. The van der Waals surface area contributed by atoms with E-state index in [4.69, 9.17) is 9.57 Å². The maximum absolute atomic E-state index is 13.0. The third-order valence-electron chi connectivity index (χ3n) is 7.20. The van der Waals surface area contributed by atoms with E-state index in [1.807, 2.05) is 12.1 Å². The highest BCUT2D eigenvalue weighted by Gasteiger charge is 2.55. The molecule has 1 aromatic carbocycles. The number of carbonyl (C=O) groups excluding carboxylic acids is 1. The van der Waals surface area contributed by atoms with Crippen LogP contribution in [0.25, 0.3) is 0 Å². The van der Waals surface area contributed by atoms with Gasteiger partial charge in [0.1, 0.15) is 5.75 Å². The Morgan fingerprint density at radius 1 is 1.08 bits per heavy atom. The summed E-state index contributed by atoms with van der Waals surface area (Å²) >= 11 is 0. The van der Waals surface area contributed by atoms with E-state index in [1.54, 1.807) is 7.11 Å². The highest BCUT2D eigenvalue weighted by molar-refractivity contribution is 6.03. The fourth-order valence-electron chi connectivity index (χ4n) is 6.40. The molecular weight excluding hydrogens is 326 g/mol. The van der Waals surface area contributed by atoms with Gasteiger partial charge in [0.05, 0.1) is 18.2 Å². The molecule has 4 saturated carbocycles. The fraction of sp³-hybridized carbons (Fsp3) is 0.636. The third kappa shape index (κ3) is 2.65. The minimum atomic E-state index is -0.245. The van der Waals surface area contributed by atoms with Crippen LogP contribution in [-0.2, 0) is 16.1 Å². The molecule has 0 aromatic heterocycles. The first-order valence-corrected chi connectivity index (χ1v) is 10.1. The predicted molar refractivity (Wildman–Crippen MR) is 99.2 cm³/mol. The van der Waals surface area contributed by atoms with Crippen molar-refractivity contribution < 1.29 is 14.4 Å². The Bertz CT molecular complexity index is 731. The van der Waals surface area contributed by atoms with Crippen molar-refractivity contribution in [1.29, 1.82) is 0 Å². The average molecular weight is 353 g/mol. The van der Waals surface area contributed by atoms with Gasteiger partial charge in [-0.25, -0.2) is 4.79 Å². The van der Waals surface area contributed by atoms with E-state index in [0.717, 1.165) is 73.3 Å². The summed E-state index contributed by atoms with van der Waals surface area (Å²) in [5, 5.41) is 4.37. The highest BCUT2D eigenvalue weighted by atomic mass is 16.7. The van der Waals surface area contributed by atoms with Crippen LogP contribution >= 0.6 is 0 Å². The van der Waals surface area contributed by atoms with Gasteiger partial charge in [0.25, 0.3) is 0 Å². The molecule has 0 aliphatic heterocycles. The van der Waals surface area contributed by atoms with E-state index in [9.17, 15) is 4.79 Å². The van der Waals surface area contributed by atoms with Crippen LogP contribution < -0.4 is 4.74 Å². The molecule has 0 amide bonds. The average Bonchev–Trinajstić information content (AvgIpc) is 2.64. The summed E-state index contributed by atoms with van der Waals surface area (Å²) in [7, 11) is 1.68. The van der Waals surface area contributed by atoms with Gasteiger partial charge in [-0.1, -0.05) is 11.2 Å². The SMILES string of the molecule is COc1ccc2c(c1)/C(=N/OC(=O)C13CC4CC(CC(C4)C1)C3)CCC2. The van der Waals surface area contributed by atoms with E-state index in [1.165, 1.54) is 24.8 Å². The standard InChI is InChI=1S/C22H27NO3/c1-25-18-6-5-17-3-2-4-20(19(17)10-18)23-26-21(24)22-11-14-7-15(12-22)9-16(8-14)13-22/h5-6,10,14-16H,2-4,7-9,11-13H2,1H3/b23-20+. The Labute approximate surface area is 154 Å². The number of hydrogen-bond donors (Lipinski definition) is 0. The summed E-state index contributed by atoms with van der Waals surface area (Å²) in [6, 6.07) is 6.11. The van der Waals surface area contributed by atoms with Crippen molar-refractivity contribution in [1.82, 2.24) is 0 Å². The minimum absolute atomic E-state index is 0.0703. The van der Waals surface area contributed by atoms with Gasteiger partial charge in [-0.05, 0) is 93.2 Å². The van der Waals surface area contributed by atoms with Crippen LogP contribution in [0.1, 0.15) is 62.5 Å². The van der Waals surface area contributed by atoms with Gasteiger partial charge in [0.2, 0.25) is 0 Å². The van der Waals surface area contributed by atoms with E-state index >= 15 is 0 Å². The zero-order valence-corrected chi connectivity index (χ0v) is 15.5. The lowest BCUT2D eigenvalue weighted by atomic mass is 9.49. The predicted octanol–water partition coefficient (Wildman–Crippen LogP) is 4.50. The van der Waals surface area contributed by atoms with Crippen molar-refractivity contribution in [2.24, 2.45) is 28.3 Å². The van der Waals surface area contributed by atoms with Crippen molar-refractivity contribution >= 4 is 11.7 Å². The summed E-state index contributed by atoms with van der Waals surface area (Å²) < 4.78 is 5.36. The summed E-state index contributed by atoms with van der Waals surface area (Å²) in [4.78, 5) is 18.6. The van der Waals surface area contributed by atoms with Crippen LogP contribution in [0.3, 0.4) is 0 Å². The minimum Gasteiger partial charge on any atom is -0.497 e. The maximum Gasteiger partial charge on any atom is 0.341 e. The van der Waals surface area contributed by atoms with Crippen LogP contribution in [-0.4, -0.2) is 18.8 Å². The molecule has 0 spiro atoms. The van der Waals surface area contributed by atoms with Gasteiger partial charge < -0.3 is 9.57 Å². The summed E-state index contributed by atoms with van der Waals surface area (Å²) in [5.41, 5.74) is 2.99. The first kappa shape index (κ1) is 16.3. The number of benzene rings is 1. The van der Waals surface area contributed by atoms with Gasteiger partial charge in [0, 0.05) is 5.56 Å². The van der Waals surface area contributed by atoms with Crippen LogP contribution in [0.4, 0.5) is 0 Å². The van der Waals surface area contributed by atoms with Gasteiger partial charge >= 0.3 is 5.97 Å². The second kappa shape index (κ2) is 6.11. The number of aryl methyl sites for hydroxylation is 1. The zero-order valence-electron chi connectivity index (χ0n) is 15.5. The van der Waals surface area contributed by atoms with Crippen molar-refractivity contribution in [3.05, 3.63) is 29.3 Å². The largest absolute Gasteiger partial charge is 0.497 e. The number of ether oxygens (including phenoxy) is 1. The van der Waals surface area contributed by atoms with Crippen molar-refractivity contribution in [2.45, 2.75) is 57.8 Å². The van der Waals surface area contributed by atoms with E-state index in [-0.39, 0.29) is 11.4 Å². The second-order valence-corrected chi connectivity index (χ2v) is 8.99. The van der Waals surface area contributed by atoms with Crippen LogP contribution in [0.2, 0.25) is 0 Å². The number of nitrogens with zero attached hydrogens (tertiary/aromatic N) is 1. The molecule has 138 valence electrons. The second-order valence-electron chi connectivity index (χ2n) is 8.99. The number of rotatable bonds is 3. The topological polar surface area (TPSA) is 47.9 Å².